The fraction of sp³-hybridized carbons (Fsp3) is 0.500. The van der Waals surface area contributed by atoms with Gasteiger partial charge in [-0.1, -0.05) is 30.3 Å². The summed E-state index contributed by atoms with van der Waals surface area (Å²) >= 11 is 0. The van der Waals surface area contributed by atoms with Crippen LogP contribution >= 0.6 is 0 Å². The van der Waals surface area contributed by atoms with Crippen molar-refractivity contribution in [3.63, 3.8) is 0 Å². The second kappa shape index (κ2) is 6.17. The van der Waals surface area contributed by atoms with Crippen LogP contribution in [0.1, 0.15) is 5.56 Å². The fourth-order valence-electron chi connectivity index (χ4n) is 1.56. The molecule has 0 unspecified atom stereocenters. The summed E-state index contributed by atoms with van der Waals surface area (Å²) in [6.07, 6.45) is -4.42. The third kappa shape index (κ3) is 3.97. The van der Waals surface area contributed by atoms with E-state index in [1.54, 1.807) is 30.3 Å². The Morgan fingerprint density at radius 3 is 1.94 bits per heavy atom. The van der Waals surface area contributed by atoms with Crippen LogP contribution in [0.25, 0.3) is 0 Å². The highest BCUT2D eigenvalue weighted by Crippen LogP contribution is 2.25. The van der Waals surface area contributed by atoms with Gasteiger partial charge in [-0.3, -0.25) is 0 Å². The molecule has 0 fully saturated rings. The van der Waals surface area contributed by atoms with Crippen LogP contribution in [0.4, 0.5) is 13.2 Å². The lowest BCUT2D eigenvalue weighted by Gasteiger charge is -2.30. The third-order valence-electron chi connectivity index (χ3n) is 2.64. The second-order valence-electron chi connectivity index (χ2n) is 4.07. The van der Waals surface area contributed by atoms with E-state index in [4.69, 9.17) is 0 Å². The van der Waals surface area contributed by atoms with Gasteiger partial charge in [0.1, 0.15) is 6.61 Å². The zero-order valence-corrected chi connectivity index (χ0v) is 9.65. The van der Waals surface area contributed by atoms with Crippen molar-refractivity contribution in [2.75, 3.05) is 26.4 Å². The second-order valence-corrected chi connectivity index (χ2v) is 4.07. The number of rotatable bonds is 6. The normalized spacial score (nSPS) is 12.7. The fourth-order valence-corrected chi connectivity index (χ4v) is 1.56. The first-order valence-corrected chi connectivity index (χ1v) is 5.35. The Bertz CT molecular complexity index is 347. The van der Waals surface area contributed by atoms with Crippen LogP contribution in [0, 0.1) is 0 Å². The zero-order chi connectivity index (χ0) is 13.6. The zero-order valence-electron chi connectivity index (χ0n) is 9.65. The van der Waals surface area contributed by atoms with Crippen molar-refractivity contribution in [2.45, 2.75) is 11.6 Å². The number of alkyl halides is 3. The Morgan fingerprint density at radius 1 is 0.944 bits per heavy atom. The van der Waals surface area contributed by atoms with Gasteiger partial charge in [-0.15, -0.1) is 0 Å². The Morgan fingerprint density at radius 2 is 1.50 bits per heavy atom. The first-order valence-electron chi connectivity index (χ1n) is 5.35. The molecule has 0 bridgehead atoms. The van der Waals surface area contributed by atoms with Gasteiger partial charge in [-0.2, -0.15) is 13.2 Å². The molecular formula is C12H15F3O3. The van der Waals surface area contributed by atoms with Crippen LogP contribution in [0.5, 0.6) is 0 Å². The minimum absolute atomic E-state index is 0.399. The maximum absolute atomic E-state index is 12.0. The van der Waals surface area contributed by atoms with Crippen LogP contribution in [-0.2, 0) is 10.2 Å². The number of ether oxygens (including phenoxy) is 1. The van der Waals surface area contributed by atoms with E-state index >= 15 is 0 Å². The van der Waals surface area contributed by atoms with Crippen molar-refractivity contribution in [3.05, 3.63) is 35.9 Å². The van der Waals surface area contributed by atoms with E-state index in [2.05, 4.69) is 4.74 Å². The van der Waals surface area contributed by atoms with Crippen molar-refractivity contribution in [1.82, 2.24) is 0 Å². The van der Waals surface area contributed by atoms with Gasteiger partial charge < -0.3 is 14.9 Å². The van der Waals surface area contributed by atoms with Crippen molar-refractivity contribution in [2.24, 2.45) is 0 Å². The highest BCUT2D eigenvalue weighted by Gasteiger charge is 2.34. The Balaban J connectivity index is 2.76. The van der Waals surface area contributed by atoms with Gasteiger partial charge in [0.05, 0.1) is 25.2 Å². The monoisotopic (exact) mass is 264 g/mol. The van der Waals surface area contributed by atoms with Crippen molar-refractivity contribution < 1.29 is 28.1 Å². The molecule has 0 spiro atoms. The van der Waals surface area contributed by atoms with E-state index in [-0.39, 0.29) is 0 Å². The van der Waals surface area contributed by atoms with Crippen LogP contribution in [-0.4, -0.2) is 42.8 Å². The molecule has 0 saturated heterocycles. The highest BCUT2D eigenvalue weighted by atomic mass is 19.4. The lowest BCUT2D eigenvalue weighted by molar-refractivity contribution is -0.180. The predicted octanol–water partition coefficient (Wildman–Crippen LogP) is 1.49. The summed E-state index contributed by atoms with van der Waals surface area (Å²) in [6.45, 7) is -2.79. The van der Waals surface area contributed by atoms with E-state index in [0.29, 0.717) is 5.56 Å². The topological polar surface area (TPSA) is 49.7 Å². The van der Waals surface area contributed by atoms with Crippen molar-refractivity contribution in [1.29, 1.82) is 0 Å². The van der Waals surface area contributed by atoms with Crippen LogP contribution in [0.15, 0.2) is 30.3 Å². The van der Waals surface area contributed by atoms with Crippen LogP contribution in [0.2, 0.25) is 0 Å². The molecule has 18 heavy (non-hydrogen) atoms. The smallest absolute Gasteiger partial charge is 0.395 e. The number of hydrogen-bond donors (Lipinski definition) is 2. The summed E-state index contributed by atoms with van der Waals surface area (Å²) in [6, 6.07) is 8.35. The Kier molecular flexibility index (Phi) is 5.13. The molecule has 0 atom stereocenters. The third-order valence-corrected chi connectivity index (χ3v) is 2.64. The quantitative estimate of drug-likeness (QED) is 0.818. The summed E-state index contributed by atoms with van der Waals surface area (Å²) in [5, 5.41) is 18.7. The Hall–Kier alpha value is -1.11. The number of hydrogen-bond acceptors (Lipinski definition) is 3. The molecule has 1 aromatic rings. The average molecular weight is 264 g/mol. The van der Waals surface area contributed by atoms with Gasteiger partial charge in [-0.05, 0) is 5.56 Å². The molecule has 0 aliphatic rings. The van der Waals surface area contributed by atoms with E-state index in [0.717, 1.165) is 0 Å². The minimum atomic E-state index is -4.42. The van der Waals surface area contributed by atoms with Gasteiger partial charge in [0.25, 0.3) is 0 Å². The Labute approximate surface area is 103 Å². The van der Waals surface area contributed by atoms with E-state index in [9.17, 15) is 23.4 Å². The van der Waals surface area contributed by atoms with Crippen LogP contribution in [0.3, 0.4) is 0 Å². The molecule has 6 heteroatoms. The van der Waals surface area contributed by atoms with E-state index < -0.39 is 38.0 Å². The van der Waals surface area contributed by atoms with Crippen molar-refractivity contribution in [3.8, 4) is 0 Å². The summed E-state index contributed by atoms with van der Waals surface area (Å²) in [7, 11) is 0. The van der Waals surface area contributed by atoms with Crippen molar-refractivity contribution >= 4 is 0 Å². The molecule has 0 amide bonds. The van der Waals surface area contributed by atoms with Gasteiger partial charge in [0, 0.05) is 0 Å². The number of halogens is 3. The summed E-state index contributed by atoms with van der Waals surface area (Å²) in [5.74, 6) is 0. The molecule has 0 heterocycles. The lowest BCUT2D eigenvalue weighted by atomic mass is 9.83. The predicted molar refractivity (Wildman–Crippen MR) is 59.2 cm³/mol. The SMILES string of the molecule is OCC(CO)(COCC(F)(F)F)c1ccccc1. The molecule has 1 rings (SSSR count). The molecule has 0 aliphatic heterocycles. The maximum Gasteiger partial charge on any atom is 0.411 e. The van der Waals surface area contributed by atoms with E-state index in [1.807, 2.05) is 0 Å². The molecule has 3 nitrogen and oxygen atoms in total. The summed E-state index contributed by atoms with van der Waals surface area (Å²) < 4.78 is 40.5. The first kappa shape index (κ1) is 14.9. The molecular weight excluding hydrogens is 249 g/mol. The van der Waals surface area contributed by atoms with Gasteiger partial charge in [0.15, 0.2) is 0 Å². The largest absolute Gasteiger partial charge is 0.411 e. The maximum atomic E-state index is 12.0. The molecule has 0 radical (unpaired) electrons. The number of aliphatic hydroxyl groups is 2. The van der Waals surface area contributed by atoms with Gasteiger partial charge in [-0.25, -0.2) is 0 Å². The first-order chi connectivity index (χ1) is 8.43. The van der Waals surface area contributed by atoms with Gasteiger partial charge >= 0.3 is 6.18 Å². The van der Waals surface area contributed by atoms with Crippen LogP contribution < -0.4 is 0 Å². The molecule has 2 N–H and O–H groups in total. The number of benzene rings is 1. The molecule has 1 aromatic carbocycles. The molecule has 0 aromatic heterocycles. The molecule has 0 saturated carbocycles. The highest BCUT2D eigenvalue weighted by molar-refractivity contribution is 5.25. The number of aliphatic hydroxyl groups excluding tert-OH is 2. The average Bonchev–Trinajstić information content (AvgIpc) is 2.35. The van der Waals surface area contributed by atoms with E-state index in [1.165, 1.54) is 0 Å². The standard InChI is InChI=1S/C12H15F3O3/c13-12(14,15)9-18-8-11(6-16,7-17)10-4-2-1-3-5-10/h1-5,16-17H,6-9H2. The summed E-state index contributed by atoms with van der Waals surface area (Å²) in [5.41, 5.74) is -0.677. The molecule has 102 valence electrons. The molecule has 0 aliphatic carbocycles. The summed E-state index contributed by atoms with van der Waals surface area (Å²) in [4.78, 5) is 0. The lowest BCUT2D eigenvalue weighted by Crippen LogP contribution is -2.40. The van der Waals surface area contributed by atoms with Gasteiger partial charge in [0.2, 0.25) is 0 Å². The minimum Gasteiger partial charge on any atom is -0.395 e.